The van der Waals surface area contributed by atoms with Crippen molar-refractivity contribution in [2.24, 2.45) is 0 Å². The third kappa shape index (κ3) is 2.35. The molecule has 6 heteroatoms. The summed E-state index contributed by atoms with van der Waals surface area (Å²) in [5, 5.41) is 11.1. The summed E-state index contributed by atoms with van der Waals surface area (Å²) < 4.78 is 0. The zero-order valence-electron chi connectivity index (χ0n) is 7.62. The molecule has 0 amide bonds. The first-order chi connectivity index (χ1) is 7.25. The topological polar surface area (TPSA) is 76.0 Å². The molecule has 0 aliphatic carbocycles. The summed E-state index contributed by atoms with van der Waals surface area (Å²) in [7, 11) is 0. The van der Waals surface area contributed by atoms with Crippen molar-refractivity contribution < 1.29 is 9.90 Å². The third-order valence-electron chi connectivity index (χ3n) is 1.69. The van der Waals surface area contributed by atoms with Crippen LogP contribution in [0.15, 0.2) is 24.1 Å². The largest absolute Gasteiger partial charge is 0.481 e. The van der Waals surface area contributed by atoms with E-state index in [1.54, 1.807) is 17.8 Å². The lowest BCUT2D eigenvalue weighted by atomic mass is 10.3. The van der Waals surface area contributed by atoms with E-state index in [2.05, 4.69) is 15.0 Å². The zero-order valence-corrected chi connectivity index (χ0v) is 8.44. The maximum atomic E-state index is 10.5. The minimum Gasteiger partial charge on any atom is -0.481 e. The number of carboxylic acid groups (broad SMARTS) is 1. The van der Waals surface area contributed by atoms with Gasteiger partial charge in [0.1, 0.15) is 11.3 Å². The number of carbonyl (C=O) groups is 1. The van der Waals surface area contributed by atoms with Crippen LogP contribution in [-0.4, -0.2) is 26.0 Å². The molecule has 2 aromatic heterocycles. The fourth-order valence-electron chi connectivity index (χ4n) is 1.09. The molecule has 2 rings (SSSR count). The Kier molecular flexibility index (Phi) is 2.68. The summed E-state index contributed by atoms with van der Waals surface area (Å²) in [6.07, 6.45) is 4.69. The molecule has 0 aliphatic rings. The standard InChI is InChI=1S/C9H7N3O2S/c13-8(14)1-7-4-15-9(12-7)6-2-10-5-11-3-6/h2-5H,1H2,(H,13,14). The fraction of sp³-hybridized carbons (Fsp3) is 0.111. The van der Waals surface area contributed by atoms with Crippen molar-refractivity contribution in [3.63, 3.8) is 0 Å². The van der Waals surface area contributed by atoms with Crippen LogP contribution in [0.25, 0.3) is 10.6 Å². The summed E-state index contributed by atoms with van der Waals surface area (Å²) in [4.78, 5) is 22.4. The van der Waals surface area contributed by atoms with Gasteiger partial charge in [0, 0.05) is 23.3 Å². The van der Waals surface area contributed by atoms with Crippen LogP contribution in [0.2, 0.25) is 0 Å². The molecule has 0 unspecified atom stereocenters. The molecule has 0 radical (unpaired) electrons. The summed E-state index contributed by atoms with van der Waals surface area (Å²) in [6.45, 7) is 0. The van der Waals surface area contributed by atoms with Crippen LogP contribution >= 0.6 is 11.3 Å². The molecule has 0 spiro atoms. The molecule has 1 N–H and O–H groups in total. The molecule has 76 valence electrons. The third-order valence-corrected chi connectivity index (χ3v) is 2.63. The van der Waals surface area contributed by atoms with E-state index in [1.165, 1.54) is 17.7 Å². The SMILES string of the molecule is O=C(O)Cc1csc(-c2cncnc2)n1. The Hall–Kier alpha value is -1.82. The van der Waals surface area contributed by atoms with Gasteiger partial charge in [0.05, 0.1) is 12.1 Å². The molecule has 0 saturated heterocycles. The van der Waals surface area contributed by atoms with Crippen molar-refractivity contribution >= 4 is 17.3 Å². The molecule has 0 aromatic carbocycles. The summed E-state index contributed by atoms with van der Waals surface area (Å²) in [5.41, 5.74) is 1.37. The van der Waals surface area contributed by atoms with Crippen molar-refractivity contribution in [2.45, 2.75) is 6.42 Å². The number of hydrogen-bond donors (Lipinski definition) is 1. The quantitative estimate of drug-likeness (QED) is 0.843. The van der Waals surface area contributed by atoms with E-state index >= 15 is 0 Å². The lowest BCUT2D eigenvalue weighted by molar-refractivity contribution is -0.136. The van der Waals surface area contributed by atoms with Crippen LogP contribution < -0.4 is 0 Å². The van der Waals surface area contributed by atoms with E-state index in [4.69, 9.17) is 5.11 Å². The van der Waals surface area contributed by atoms with Crippen LogP contribution in [0, 0.1) is 0 Å². The van der Waals surface area contributed by atoms with E-state index in [9.17, 15) is 4.79 Å². The van der Waals surface area contributed by atoms with Crippen molar-refractivity contribution in [1.29, 1.82) is 0 Å². The molecule has 0 saturated carbocycles. The molecule has 0 atom stereocenters. The molecule has 2 aromatic rings. The molecular formula is C9H7N3O2S. The lowest BCUT2D eigenvalue weighted by Crippen LogP contribution is -1.99. The number of aromatic nitrogens is 3. The number of aliphatic carboxylic acids is 1. The van der Waals surface area contributed by atoms with E-state index in [0.717, 1.165) is 10.6 Å². The van der Waals surface area contributed by atoms with Crippen LogP contribution in [0.3, 0.4) is 0 Å². The van der Waals surface area contributed by atoms with Crippen molar-refractivity contribution in [3.05, 3.63) is 29.8 Å². The highest BCUT2D eigenvalue weighted by Gasteiger charge is 2.07. The maximum absolute atomic E-state index is 10.5. The first-order valence-electron chi connectivity index (χ1n) is 4.17. The van der Waals surface area contributed by atoms with Gasteiger partial charge in [-0.15, -0.1) is 11.3 Å². The second kappa shape index (κ2) is 4.14. The highest BCUT2D eigenvalue weighted by Crippen LogP contribution is 2.21. The van der Waals surface area contributed by atoms with E-state index < -0.39 is 5.97 Å². The average molecular weight is 221 g/mol. The van der Waals surface area contributed by atoms with Crippen LogP contribution in [0.5, 0.6) is 0 Å². The number of rotatable bonds is 3. The maximum Gasteiger partial charge on any atom is 0.309 e. The Morgan fingerprint density at radius 1 is 1.40 bits per heavy atom. The van der Waals surface area contributed by atoms with Crippen LogP contribution in [0.4, 0.5) is 0 Å². The van der Waals surface area contributed by atoms with Crippen LogP contribution in [0.1, 0.15) is 5.69 Å². The second-order valence-electron chi connectivity index (χ2n) is 2.84. The predicted molar refractivity (Wildman–Crippen MR) is 54.5 cm³/mol. The van der Waals surface area contributed by atoms with Gasteiger partial charge in [0.25, 0.3) is 0 Å². The Balaban J connectivity index is 2.24. The summed E-state index contributed by atoms with van der Waals surface area (Å²) in [6, 6.07) is 0. The molecule has 2 heterocycles. The smallest absolute Gasteiger partial charge is 0.309 e. The van der Waals surface area contributed by atoms with E-state index in [-0.39, 0.29) is 6.42 Å². The predicted octanol–water partition coefficient (Wildman–Crippen LogP) is 1.23. The number of hydrogen-bond acceptors (Lipinski definition) is 5. The normalized spacial score (nSPS) is 10.1. The molecule has 5 nitrogen and oxygen atoms in total. The first-order valence-corrected chi connectivity index (χ1v) is 5.05. The average Bonchev–Trinajstić information content (AvgIpc) is 2.67. The van der Waals surface area contributed by atoms with Gasteiger partial charge in [-0.2, -0.15) is 0 Å². The Bertz CT molecular complexity index is 469. The Morgan fingerprint density at radius 2 is 2.13 bits per heavy atom. The minimum absolute atomic E-state index is 0.0514. The number of thiazole rings is 1. The van der Waals surface area contributed by atoms with Gasteiger partial charge in [-0.1, -0.05) is 0 Å². The highest BCUT2D eigenvalue weighted by atomic mass is 32.1. The van der Waals surface area contributed by atoms with Gasteiger partial charge < -0.3 is 5.11 Å². The van der Waals surface area contributed by atoms with Gasteiger partial charge in [-0.25, -0.2) is 15.0 Å². The van der Waals surface area contributed by atoms with E-state index in [1.807, 2.05) is 0 Å². The van der Waals surface area contributed by atoms with Gasteiger partial charge in [-0.05, 0) is 0 Å². The summed E-state index contributed by atoms with van der Waals surface area (Å²) in [5.74, 6) is -0.879. The van der Waals surface area contributed by atoms with Crippen molar-refractivity contribution in [2.75, 3.05) is 0 Å². The molecule has 15 heavy (non-hydrogen) atoms. The van der Waals surface area contributed by atoms with Crippen molar-refractivity contribution in [1.82, 2.24) is 15.0 Å². The van der Waals surface area contributed by atoms with Gasteiger partial charge in [0.15, 0.2) is 0 Å². The number of nitrogens with zero attached hydrogens (tertiary/aromatic N) is 3. The second-order valence-corrected chi connectivity index (χ2v) is 3.70. The van der Waals surface area contributed by atoms with Crippen molar-refractivity contribution in [3.8, 4) is 10.6 Å². The molecule has 0 fully saturated rings. The van der Waals surface area contributed by atoms with Gasteiger partial charge >= 0.3 is 5.97 Å². The molecule has 0 bridgehead atoms. The summed E-state index contributed by atoms with van der Waals surface area (Å²) >= 11 is 1.39. The Morgan fingerprint density at radius 3 is 2.80 bits per heavy atom. The van der Waals surface area contributed by atoms with Crippen LogP contribution in [-0.2, 0) is 11.2 Å². The molecular weight excluding hydrogens is 214 g/mol. The van der Waals surface area contributed by atoms with Gasteiger partial charge in [0.2, 0.25) is 0 Å². The van der Waals surface area contributed by atoms with Gasteiger partial charge in [-0.3, -0.25) is 4.79 Å². The highest BCUT2D eigenvalue weighted by molar-refractivity contribution is 7.13. The Labute approximate surface area is 89.5 Å². The first kappa shape index (κ1) is 9.72. The zero-order chi connectivity index (χ0) is 10.7. The molecule has 0 aliphatic heterocycles. The number of carboxylic acids is 1. The monoisotopic (exact) mass is 221 g/mol. The lowest BCUT2D eigenvalue weighted by Gasteiger charge is -1.92. The van der Waals surface area contributed by atoms with E-state index in [0.29, 0.717) is 5.69 Å². The minimum atomic E-state index is -0.879. The fourth-order valence-corrected chi connectivity index (χ4v) is 1.88.